The van der Waals surface area contributed by atoms with Crippen molar-refractivity contribution in [3.05, 3.63) is 17.2 Å². The van der Waals surface area contributed by atoms with Crippen LogP contribution in [0.3, 0.4) is 0 Å². The van der Waals surface area contributed by atoms with Crippen LogP contribution in [-0.2, 0) is 0 Å². The summed E-state index contributed by atoms with van der Waals surface area (Å²) >= 11 is 6.06. The van der Waals surface area contributed by atoms with E-state index in [1.54, 1.807) is 12.1 Å². The van der Waals surface area contributed by atoms with E-state index in [4.69, 9.17) is 21.1 Å². The van der Waals surface area contributed by atoms with Crippen LogP contribution in [0, 0.1) is 5.92 Å². The highest BCUT2D eigenvalue weighted by Gasteiger charge is 2.22. The van der Waals surface area contributed by atoms with E-state index in [-0.39, 0.29) is 6.03 Å². The molecule has 5 nitrogen and oxygen atoms in total. The number of urea groups is 1. The zero-order valence-corrected chi connectivity index (χ0v) is 13.4. The highest BCUT2D eigenvalue weighted by atomic mass is 35.5. The largest absolute Gasteiger partial charge is 0.495 e. The summed E-state index contributed by atoms with van der Waals surface area (Å²) in [6, 6.07) is 3.19. The van der Waals surface area contributed by atoms with Crippen LogP contribution in [0.2, 0.25) is 5.02 Å². The molecule has 1 aromatic carbocycles. The van der Waals surface area contributed by atoms with Gasteiger partial charge in [-0.15, -0.1) is 0 Å². The topological polar surface area (TPSA) is 50.8 Å². The van der Waals surface area contributed by atoms with E-state index in [9.17, 15) is 4.79 Å². The molecule has 0 spiro atoms. The summed E-state index contributed by atoms with van der Waals surface area (Å²) in [7, 11) is 3.07. The van der Waals surface area contributed by atoms with Gasteiger partial charge in [0.05, 0.1) is 24.9 Å². The Morgan fingerprint density at radius 2 is 2.05 bits per heavy atom. The summed E-state index contributed by atoms with van der Waals surface area (Å²) in [6.45, 7) is 3.72. The minimum absolute atomic E-state index is 0.121. The fraction of sp³-hybridized carbons (Fsp3) is 0.533. The number of nitrogens with one attached hydrogen (secondary N) is 1. The summed E-state index contributed by atoms with van der Waals surface area (Å²) in [5.41, 5.74) is 0.557. The first kappa shape index (κ1) is 15.8. The van der Waals surface area contributed by atoms with Crippen LogP contribution in [0.4, 0.5) is 10.5 Å². The van der Waals surface area contributed by atoms with Crippen molar-refractivity contribution in [1.82, 2.24) is 4.90 Å². The van der Waals surface area contributed by atoms with Crippen LogP contribution in [-0.4, -0.2) is 38.2 Å². The van der Waals surface area contributed by atoms with Crippen molar-refractivity contribution in [2.24, 2.45) is 5.92 Å². The van der Waals surface area contributed by atoms with Crippen LogP contribution in [0.25, 0.3) is 0 Å². The summed E-state index contributed by atoms with van der Waals surface area (Å²) in [6.07, 6.45) is 2.21. The van der Waals surface area contributed by atoms with Gasteiger partial charge in [0.15, 0.2) is 0 Å². The maximum atomic E-state index is 12.4. The van der Waals surface area contributed by atoms with Gasteiger partial charge < -0.3 is 19.7 Å². The van der Waals surface area contributed by atoms with E-state index in [2.05, 4.69) is 12.2 Å². The van der Waals surface area contributed by atoms with E-state index in [1.165, 1.54) is 20.6 Å². The molecule has 116 valence electrons. The maximum Gasteiger partial charge on any atom is 0.321 e. The zero-order valence-electron chi connectivity index (χ0n) is 12.6. The Morgan fingerprint density at radius 3 is 2.67 bits per heavy atom. The molecule has 1 N–H and O–H groups in total. The lowest BCUT2D eigenvalue weighted by Crippen LogP contribution is -2.41. The number of halogens is 1. The van der Waals surface area contributed by atoms with E-state index in [1.807, 2.05) is 4.90 Å². The number of piperidine rings is 1. The monoisotopic (exact) mass is 312 g/mol. The van der Waals surface area contributed by atoms with Crippen molar-refractivity contribution < 1.29 is 14.3 Å². The highest BCUT2D eigenvalue weighted by Crippen LogP contribution is 2.36. The second kappa shape index (κ2) is 6.89. The number of nitrogens with zero attached hydrogens (tertiary/aromatic N) is 1. The average Bonchev–Trinajstić information content (AvgIpc) is 2.48. The van der Waals surface area contributed by atoms with Gasteiger partial charge in [0.1, 0.15) is 11.5 Å². The Hall–Kier alpha value is -1.62. The summed E-state index contributed by atoms with van der Waals surface area (Å²) in [4.78, 5) is 14.2. The molecule has 21 heavy (non-hydrogen) atoms. The second-order valence-corrected chi connectivity index (χ2v) is 5.72. The van der Waals surface area contributed by atoms with Gasteiger partial charge in [0.25, 0.3) is 0 Å². The number of benzene rings is 1. The number of anilines is 1. The third-order valence-electron chi connectivity index (χ3n) is 3.66. The van der Waals surface area contributed by atoms with E-state index >= 15 is 0 Å². The number of amides is 2. The molecule has 0 aliphatic carbocycles. The Labute approximate surface area is 130 Å². The molecule has 1 saturated heterocycles. The molecule has 0 saturated carbocycles. The number of methoxy groups -OCH3 is 2. The van der Waals surface area contributed by atoms with E-state index in [0.717, 1.165) is 19.5 Å². The van der Waals surface area contributed by atoms with Gasteiger partial charge >= 0.3 is 6.03 Å². The maximum absolute atomic E-state index is 12.4. The molecule has 1 atom stereocenters. The van der Waals surface area contributed by atoms with Gasteiger partial charge in [0, 0.05) is 25.2 Å². The van der Waals surface area contributed by atoms with Crippen molar-refractivity contribution in [2.45, 2.75) is 19.8 Å². The number of rotatable bonds is 3. The molecule has 2 rings (SSSR count). The molecule has 1 aromatic rings. The van der Waals surface area contributed by atoms with Crippen LogP contribution in [0.15, 0.2) is 12.1 Å². The lowest BCUT2D eigenvalue weighted by molar-refractivity contribution is 0.182. The average molecular weight is 313 g/mol. The molecular formula is C15H21ClN2O3. The first-order valence-electron chi connectivity index (χ1n) is 7.02. The Balaban J connectivity index is 2.16. The molecular weight excluding hydrogens is 292 g/mol. The van der Waals surface area contributed by atoms with Crippen molar-refractivity contribution in [3.63, 3.8) is 0 Å². The highest BCUT2D eigenvalue weighted by molar-refractivity contribution is 6.32. The minimum atomic E-state index is -0.121. The third-order valence-corrected chi connectivity index (χ3v) is 3.96. The smallest absolute Gasteiger partial charge is 0.321 e. The lowest BCUT2D eigenvalue weighted by Gasteiger charge is -2.31. The van der Waals surface area contributed by atoms with Gasteiger partial charge in [-0.05, 0) is 18.8 Å². The lowest BCUT2D eigenvalue weighted by atomic mass is 10.0. The first-order valence-corrected chi connectivity index (χ1v) is 7.40. The van der Waals surface area contributed by atoms with E-state index < -0.39 is 0 Å². The van der Waals surface area contributed by atoms with Crippen molar-refractivity contribution in [3.8, 4) is 11.5 Å². The molecule has 1 aliphatic rings. The summed E-state index contributed by atoms with van der Waals surface area (Å²) < 4.78 is 10.4. The second-order valence-electron chi connectivity index (χ2n) is 5.31. The Kier molecular flexibility index (Phi) is 5.17. The molecule has 1 aliphatic heterocycles. The first-order chi connectivity index (χ1) is 10.0. The van der Waals surface area contributed by atoms with E-state index in [0.29, 0.717) is 28.1 Å². The standard InChI is InChI=1S/C15H21ClN2O3/c1-10-5-4-6-18(9-10)15(19)17-12-8-13(20-2)11(16)7-14(12)21-3/h7-8,10H,4-6,9H2,1-3H3,(H,17,19). The molecule has 2 amide bonds. The number of ether oxygens (including phenoxy) is 2. The molecule has 1 fully saturated rings. The van der Waals surface area contributed by atoms with Crippen LogP contribution in [0.1, 0.15) is 19.8 Å². The molecule has 1 heterocycles. The van der Waals surface area contributed by atoms with Crippen molar-refractivity contribution in [2.75, 3.05) is 32.6 Å². The quantitative estimate of drug-likeness (QED) is 0.927. The number of carbonyl (C=O) groups is 1. The fourth-order valence-electron chi connectivity index (χ4n) is 2.53. The SMILES string of the molecule is COc1cc(NC(=O)N2CCCC(C)C2)c(OC)cc1Cl. The molecule has 0 radical (unpaired) electrons. The normalized spacial score (nSPS) is 18.3. The third kappa shape index (κ3) is 3.73. The van der Waals surface area contributed by atoms with Crippen LogP contribution >= 0.6 is 11.6 Å². The molecule has 0 bridgehead atoms. The van der Waals surface area contributed by atoms with Crippen molar-refractivity contribution >= 4 is 23.3 Å². The number of likely N-dealkylation sites (tertiary alicyclic amines) is 1. The van der Waals surface area contributed by atoms with Gasteiger partial charge in [-0.1, -0.05) is 18.5 Å². The van der Waals surface area contributed by atoms with Crippen molar-refractivity contribution in [1.29, 1.82) is 0 Å². The minimum Gasteiger partial charge on any atom is -0.495 e. The van der Waals surface area contributed by atoms with Gasteiger partial charge in [-0.3, -0.25) is 0 Å². The zero-order chi connectivity index (χ0) is 15.4. The number of carbonyl (C=O) groups excluding carboxylic acids is 1. The predicted octanol–water partition coefficient (Wildman–Crippen LogP) is 3.62. The van der Waals surface area contributed by atoms with Crippen LogP contribution in [0.5, 0.6) is 11.5 Å². The number of hydrogen-bond donors (Lipinski definition) is 1. The summed E-state index contributed by atoms with van der Waals surface area (Å²) in [5.74, 6) is 1.55. The number of hydrogen-bond acceptors (Lipinski definition) is 3. The van der Waals surface area contributed by atoms with Gasteiger partial charge in [-0.25, -0.2) is 4.79 Å². The van der Waals surface area contributed by atoms with Gasteiger partial charge in [-0.2, -0.15) is 0 Å². The fourth-order valence-corrected chi connectivity index (χ4v) is 2.76. The Morgan fingerprint density at radius 1 is 1.33 bits per heavy atom. The Bertz CT molecular complexity index is 522. The van der Waals surface area contributed by atoms with Crippen LogP contribution < -0.4 is 14.8 Å². The molecule has 6 heteroatoms. The molecule has 1 unspecified atom stereocenters. The predicted molar refractivity (Wildman–Crippen MR) is 83.5 cm³/mol. The summed E-state index contributed by atoms with van der Waals surface area (Å²) in [5, 5.41) is 3.32. The van der Waals surface area contributed by atoms with Gasteiger partial charge in [0.2, 0.25) is 0 Å². The molecule has 0 aromatic heterocycles.